The molecule has 0 aliphatic heterocycles. The molecule has 0 atom stereocenters. The summed E-state index contributed by atoms with van der Waals surface area (Å²) in [6.45, 7) is 0. The van der Waals surface area contributed by atoms with Gasteiger partial charge in [0.1, 0.15) is 0 Å². The van der Waals surface area contributed by atoms with Crippen molar-refractivity contribution in [2.75, 3.05) is 5.88 Å². The van der Waals surface area contributed by atoms with Crippen LogP contribution in [0.1, 0.15) is 0 Å². The van der Waals surface area contributed by atoms with Crippen LogP contribution in [0.25, 0.3) is 0 Å². The van der Waals surface area contributed by atoms with Gasteiger partial charge in [-0.25, -0.2) is 0 Å². The summed E-state index contributed by atoms with van der Waals surface area (Å²) >= 11 is 10.2. The van der Waals surface area contributed by atoms with E-state index in [1.54, 1.807) is 0 Å². The van der Waals surface area contributed by atoms with Crippen LogP contribution in [0.3, 0.4) is 0 Å². The molecule has 0 spiro atoms. The molecular formula is C3H4Cl2N2O. The summed E-state index contributed by atoms with van der Waals surface area (Å²) in [5.41, 5.74) is 0. The van der Waals surface area contributed by atoms with Crippen molar-refractivity contribution in [3.63, 3.8) is 0 Å². The van der Waals surface area contributed by atoms with Gasteiger partial charge in [-0.2, -0.15) is 5.10 Å². The van der Waals surface area contributed by atoms with E-state index in [4.69, 9.17) is 23.2 Å². The summed E-state index contributed by atoms with van der Waals surface area (Å²) in [6, 6.07) is 0. The van der Waals surface area contributed by atoms with Gasteiger partial charge in [-0.3, -0.25) is 4.79 Å². The average molecular weight is 155 g/mol. The minimum Gasteiger partial charge on any atom is -0.322 e. The van der Waals surface area contributed by atoms with Crippen LogP contribution in [-0.2, 0) is 4.79 Å². The van der Waals surface area contributed by atoms with Crippen molar-refractivity contribution in [1.29, 1.82) is 0 Å². The first-order chi connectivity index (χ1) is 3.72. The number of rotatable bonds is 2. The predicted molar refractivity (Wildman–Crippen MR) is 33.2 cm³/mol. The van der Waals surface area contributed by atoms with Crippen LogP contribution >= 0.6 is 23.2 Å². The van der Waals surface area contributed by atoms with Crippen molar-refractivity contribution in [3.8, 4) is 0 Å². The second-order valence-corrected chi connectivity index (χ2v) is 1.60. The normalized spacial score (nSPS) is 11.5. The molecule has 3 nitrogen and oxygen atoms in total. The standard InChI is InChI=1S/C3H4Cl2N2O/c4-1-2(8)3(5)7-6/h1,6H2/b7-3-. The molecule has 46 valence electrons. The lowest BCUT2D eigenvalue weighted by molar-refractivity contribution is -0.110. The zero-order valence-corrected chi connectivity index (χ0v) is 5.41. The molecule has 0 heterocycles. The van der Waals surface area contributed by atoms with E-state index in [0.29, 0.717) is 0 Å². The van der Waals surface area contributed by atoms with E-state index in [1.807, 2.05) is 0 Å². The highest BCUT2D eigenvalue weighted by molar-refractivity contribution is 6.84. The third kappa shape index (κ3) is 2.14. The fourth-order valence-corrected chi connectivity index (χ4v) is 0.389. The van der Waals surface area contributed by atoms with Gasteiger partial charge in [0.25, 0.3) is 0 Å². The summed E-state index contributed by atoms with van der Waals surface area (Å²) in [7, 11) is 0. The molecule has 0 rings (SSSR count). The Morgan fingerprint density at radius 3 is 2.38 bits per heavy atom. The first-order valence-corrected chi connectivity index (χ1v) is 2.66. The molecule has 0 aliphatic rings. The highest BCUT2D eigenvalue weighted by Gasteiger charge is 2.03. The van der Waals surface area contributed by atoms with Crippen molar-refractivity contribution in [1.82, 2.24) is 0 Å². The minimum absolute atomic E-state index is 0.181. The van der Waals surface area contributed by atoms with Crippen LogP contribution in [0.2, 0.25) is 0 Å². The molecule has 0 aliphatic carbocycles. The second-order valence-electron chi connectivity index (χ2n) is 0.977. The Labute approximate surface area is 56.4 Å². The van der Waals surface area contributed by atoms with E-state index in [0.717, 1.165) is 0 Å². The number of hydrazone groups is 1. The van der Waals surface area contributed by atoms with E-state index in [1.165, 1.54) is 0 Å². The molecule has 0 radical (unpaired) electrons. The molecule has 0 aromatic carbocycles. The number of carbonyl (C=O) groups excluding carboxylic acids is 1. The minimum atomic E-state index is -0.462. The van der Waals surface area contributed by atoms with Gasteiger partial charge in [-0.1, -0.05) is 11.6 Å². The molecule has 0 unspecified atom stereocenters. The van der Waals surface area contributed by atoms with Crippen molar-refractivity contribution < 1.29 is 4.79 Å². The van der Waals surface area contributed by atoms with Gasteiger partial charge < -0.3 is 5.84 Å². The van der Waals surface area contributed by atoms with Gasteiger partial charge in [-0.05, 0) is 0 Å². The third-order valence-corrected chi connectivity index (χ3v) is 1.02. The van der Waals surface area contributed by atoms with Gasteiger partial charge in [0.15, 0.2) is 5.17 Å². The smallest absolute Gasteiger partial charge is 0.209 e. The maximum atomic E-state index is 10.3. The number of Topliss-reactive ketones (excluding diaryl/α,β-unsaturated/α-hetero) is 1. The Kier molecular flexibility index (Phi) is 3.56. The van der Waals surface area contributed by atoms with E-state index >= 15 is 0 Å². The number of carbonyl (C=O) groups is 1. The summed E-state index contributed by atoms with van der Waals surface area (Å²) in [5.74, 6) is 3.98. The summed E-state index contributed by atoms with van der Waals surface area (Å²) < 4.78 is 0. The lowest BCUT2D eigenvalue weighted by Crippen LogP contribution is -2.10. The molecule has 2 N–H and O–H groups in total. The topological polar surface area (TPSA) is 55.4 Å². The van der Waals surface area contributed by atoms with Crippen molar-refractivity contribution >= 4 is 34.2 Å². The zero-order chi connectivity index (χ0) is 6.57. The summed E-state index contributed by atoms with van der Waals surface area (Å²) in [4.78, 5) is 10.3. The number of ketones is 1. The lowest BCUT2D eigenvalue weighted by Gasteiger charge is -1.85. The number of halogens is 2. The Morgan fingerprint density at radius 2 is 2.25 bits per heavy atom. The van der Waals surface area contributed by atoms with Crippen LogP contribution in [0.5, 0.6) is 0 Å². The molecule has 0 bridgehead atoms. The molecule has 0 saturated heterocycles. The number of hydrogen-bond acceptors (Lipinski definition) is 3. The van der Waals surface area contributed by atoms with Crippen molar-refractivity contribution in [2.24, 2.45) is 10.9 Å². The average Bonchev–Trinajstić information content (AvgIpc) is 1.84. The highest BCUT2D eigenvalue weighted by Crippen LogP contribution is 1.87. The Bertz CT molecular complexity index is 122. The predicted octanol–water partition coefficient (Wildman–Crippen LogP) is 0.305. The van der Waals surface area contributed by atoms with Gasteiger partial charge in [0.2, 0.25) is 5.78 Å². The zero-order valence-electron chi connectivity index (χ0n) is 3.90. The number of hydrogen-bond donors (Lipinski definition) is 1. The third-order valence-electron chi connectivity index (χ3n) is 0.465. The van der Waals surface area contributed by atoms with Crippen LogP contribution in [0.15, 0.2) is 5.10 Å². The molecular weight excluding hydrogens is 151 g/mol. The quantitative estimate of drug-likeness (QED) is 0.270. The van der Waals surface area contributed by atoms with E-state index in [-0.39, 0.29) is 11.1 Å². The molecule has 0 saturated carbocycles. The van der Waals surface area contributed by atoms with E-state index < -0.39 is 5.78 Å². The molecule has 8 heavy (non-hydrogen) atoms. The van der Waals surface area contributed by atoms with Crippen LogP contribution in [-0.4, -0.2) is 16.8 Å². The molecule has 0 aromatic heterocycles. The highest BCUT2D eigenvalue weighted by atomic mass is 35.5. The SMILES string of the molecule is N/N=C(\Cl)C(=O)CCl. The first-order valence-electron chi connectivity index (χ1n) is 1.75. The van der Waals surface area contributed by atoms with Crippen LogP contribution in [0, 0.1) is 0 Å². The second kappa shape index (κ2) is 3.69. The van der Waals surface area contributed by atoms with Crippen LogP contribution in [0.4, 0.5) is 0 Å². The Morgan fingerprint density at radius 1 is 1.75 bits per heavy atom. The fourth-order valence-electron chi connectivity index (χ4n) is 0.127. The number of alkyl halides is 1. The van der Waals surface area contributed by atoms with Crippen LogP contribution < -0.4 is 5.84 Å². The van der Waals surface area contributed by atoms with Gasteiger partial charge >= 0.3 is 0 Å². The van der Waals surface area contributed by atoms with E-state index in [9.17, 15) is 4.79 Å². The molecule has 5 heteroatoms. The summed E-state index contributed by atoms with van der Waals surface area (Å²) in [5, 5.41) is 2.64. The Hall–Kier alpha value is -0.280. The largest absolute Gasteiger partial charge is 0.322 e. The molecule has 0 amide bonds. The van der Waals surface area contributed by atoms with Gasteiger partial charge in [0, 0.05) is 0 Å². The monoisotopic (exact) mass is 154 g/mol. The maximum Gasteiger partial charge on any atom is 0.209 e. The van der Waals surface area contributed by atoms with E-state index in [2.05, 4.69) is 10.9 Å². The number of nitrogens with two attached hydrogens (primary N) is 1. The number of nitrogens with zero attached hydrogens (tertiary/aromatic N) is 1. The Balaban J connectivity index is 3.83. The summed E-state index contributed by atoms with van der Waals surface area (Å²) in [6.07, 6.45) is 0. The van der Waals surface area contributed by atoms with Gasteiger partial charge in [0.05, 0.1) is 5.88 Å². The maximum absolute atomic E-state index is 10.3. The molecule has 0 fully saturated rings. The van der Waals surface area contributed by atoms with Crippen molar-refractivity contribution in [3.05, 3.63) is 0 Å². The first kappa shape index (κ1) is 7.72. The molecule has 0 aromatic rings. The van der Waals surface area contributed by atoms with Gasteiger partial charge in [-0.15, -0.1) is 11.6 Å². The lowest BCUT2D eigenvalue weighted by atomic mass is 10.5. The van der Waals surface area contributed by atoms with Crippen molar-refractivity contribution in [2.45, 2.75) is 0 Å². The fraction of sp³-hybridized carbons (Fsp3) is 0.333.